The molecule has 0 saturated carbocycles. The van der Waals surface area contributed by atoms with Gasteiger partial charge < -0.3 is 15.5 Å². The van der Waals surface area contributed by atoms with E-state index in [0.717, 1.165) is 4.47 Å². The summed E-state index contributed by atoms with van der Waals surface area (Å²) in [5, 5.41) is 20.8. The minimum Gasteiger partial charge on any atom is -0.478 e. The van der Waals surface area contributed by atoms with E-state index in [2.05, 4.69) is 21.2 Å². The zero-order chi connectivity index (χ0) is 12.1. The normalized spacial score (nSPS) is 12.2. The van der Waals surface area contributed by atoms with Crippen molar-refractivity contribution in [1.82, 2.24) is 0 Å². The number of aliphatic hydroxyl groups excluding tert-OH is 1. The van der Waals surface area contributed by atoms with E-state index in [4.69, 9.17) is 10.2 Å². The summed E-state index contributed by atoms with van der Waals surface area (Å²) in [5.74, 6) is -0.966. The molecule has 0 aliphatic carbocycles. The fourth-order valence-corrected chi connectivity index (χ4v) is 1.71. The van der Waals surface area contributed by atoms with E-state index in [9.17, 15) is 4.79 Å². The third-order valence-electron chi connectivity index (χ3n) is 2.18. The number of anilines is 1. The Kier molecular flexibility index (Phi) is 4.76. The number of aliphatic hydroxyl groups is 1. The monoisotopic (exact) mass is 287 g/mol. The molecule has 16 heavy (non-hydrogen) atoms. The van der Waals surface area contributed by atoms with Gasteiger partial charge in [0, 0.05) is 17.1 Å². The Balaban J connectivity index is 2.92. The van der Waals surface area contributed by atoms with Crippen LogP contribution in [0.2, 0.25) is 0 Å². The number of carboxylic acids is 1. The van der Waals surface area contributed by atoms with Crippen molar-refractivity contribution in [3.05, 3.63) is 28.2 Å². The zero-order valence-electron chi connectivity index (χ0n) is 8.90. The maximum absolute atomic E-state index is 11.0. The van der Waals surface area contributed by atoms with Crippen molar-refractivity contribution in [2.24, 2.45) is 0 Å². The van der Waals surface area contributed by atoms with Gasteiger partial charge in [0.2, 0.25) is 0 Å². The lowest BCUT2D eigenvalue weighted by Crippen LogP contribution is -2.18. The maximum atomic E-state index is 11.0. The second kappa shape index (κ2) is 5.86. The van der Waals surface area contributed by atoms with Crippen LogP contribution in [0.15, 0.2) is 22.7 Å². The summed E-state index contributed by atoms with van der Waals surface area (Å²) in [6.45, 7) is 1.97. The summed E-state index contributed by atoms with van der Waals surface area (Å²) in [4.78, 5) is 11.0. The van der Waals surface area contributed by atoms with Gasteiger partial charge in [-0.2, -0.15) is 0 Å². The topological polar surface area (TPSA) is 69.6 Å². The second-order valence-electron chi connectivity index (χ2n) is 3.55. The highest BCUT2D eigenvalue weighted by Crippen LogP contribution is 2.22. The standard InChI is InChI=1S/C11H14BrNO3/c1-7(4-5-14)13-10-6-8(12)2-3-9(10)11(15)16/h2-3,6-7,13-14H,4-5H2,1H3,(H,15,16). The van der Waals surface area contributed by atoms with Gasteiger partial charge in [-0.25, -0.2) is 4.79 Å². The number of carbonyl (C=O) groups is 1. The van der Waals surface area contributed by atoms with Crippen LogP contribution in [0.3, 0.4) is 0 Å². The first kappa shape index (κ1) is 13.0. The lowest BCUT2D eigenvalue weighted by atomic mass is 10.1. The quantitative estimate of drug-likeness (QED) is 0.777. The molecule has 0 aliphatic rings. The summed E-state index contributed by atoms with van der Waals surface area (Å²) in [6.07, 6.45) is 0.575. The van der Waals surface area contributed by atoms with Gasteiger partial charge in [0.1, 0.15) is 0 Å². The van der Waals surface area contributed by atoms with Crippen molar-refractivity contribution < 1.29 is 15.0 Å². The van der Waals surface area contributed by atoms with Gasteiger partial charge in [0.15, 0.2) is 0 Å². The molecule has 1 atom stereocenters. The van der Waals surface area contributed by atoms with Gasteiger partial charge in [0.25, 0.3) is 0 Å². The van der Waals surface area contributed by atoms with Crippen molar-refractivity contribution in [1.29, 1.82) is 0 Å². The molecular weight excluding hydrogens is 274 g/mol. The first-order valence-electron chi connectivity index (χ1n) is 4.95. The Bertz CT molecular complexity index is 381. The minimum atomic E-state index is -0.966. The summed E-state index contributed by atoms with van der Waals surface area (Å²) in [5.41, 5.74) is 0.788. The highest BCUT2D eigenvalue weighted by atomic mass is 79.9. The first-order valence-corrected chi connectivity index (χ1v) is 5.74. The number of benzene rings is 1. The molecule has 0 radical (unpaired) electrons. The van der Waals surface area contributed by atoms with Crippen LogP contribution < -0.4 is 5.32 Å². The summed E-state index contributed by atoms with van der Waals surface area (Å²) in [7, 11) is 0. The molecule has 3 N–H and O–H groups in total. The van der Waals surface area contributed by atoms with Crippen LogP contribution in [-0.2, 0) is 0 Å². The predicted octanol–water partition coefficient (Wildman–Crippen LogP) is 2.33. The van der Waals surface area contributed by atoms with E-state index in [1.807, 2.05) is 6.92 Å². The van der Waals surface area contributed by atoms with Crippen LogP contribution in [0.25, 0.3) is 0 Å². The molecule has 0 saturated heterocycles. The van der Waals surface area contributed by atoms with Crippen LogP contribution in [0.5, 0.6) is 0 Å². The van der Waals surface area contributed by atoms with E-state index in [1.165, 1.54) is 0 Å². The van der Waals surface area contributed by atoms with E-state index in [0.29, 0.717) is 12.1 Å². The zero-order valence-corrected chi connectivity index (χ0v) is 10.5. The second-order valence-corrected chi connectivity index (χ2v) is 4.47. The smallest absolute Gasteiger partial charge is 0.337 e. The van der Waals surface area contributed by atoms with Crippen LogP contribution in [0.1, 0.15) is 23.7 Å². The summed E-state index contributed by atoms with van der Waals surface area (Å²) >= 11 is 3.29. The molecule has 0 fully saturated rings. The molecule has 88 valence electrons. The number of carboxylic acid groups (broad SMARTS) is 1. The molecule has 0 aromatic heterocycles. The molecule has 1 unspecified atom stereocenters. The van der Waals surface area contributed by atoms with Crippen LogP contribution >= 0.6 is 15.9 Å². The van der Waals surface area contributed by atoms with E-state index in [-0.39, 0.29) is 18.2 Å². The molecule has 0 amide bonds. The molecule has 1 aromatic rings. The van der Waals surface area contributed by atoms with Crippen molar-refractivity contribution in [2.45, 2.75) is 19.4 Å². The summed E-state index contributed by atoms with van der Waals surface area (Å²) < 4.78 is 0.816. The van der Waals surface area contributed by atoms with Crippen LogP contribution in [-0.4, -0.2) is 28.8 Å². The van der Waals surface area contributed by atoms with Gasteiger partial charge in [-0.1, -0.05) is 15.9 Å². The van der Waals surface area contributed by atoms with E-state index in [1.54, 1.807) is 18.2 Å². The molecule has 0 heterocycles. The number of hydrogen-bond donors (Lipinski definition) is 3. The highest BCUT2D eigenvalue weighted by Gasteiger charge is 2.12. The maximum Gasteiger partial charge on any atom is 0.337 e. The average Bonchev–Trinajstić information content (AvgIpc) is 2.17. The molecule has 0 aliphatic heterocycles. The molecule has 4 nitrogen and oxygen atoms in total. The van der Waals surface area contributed by atoms with Gasteiger partial charge >= 0.3 is 5.97 Å². The first-order chi connectivity index (χ1) is 7.54. The third kappa shape index (κ3) is 3.50. The largest absolute Gasteiger partial charge is 0.478 e. The number of aromatic carboxylic acids is 1. The average molecular weight is 288 g/mol. The van der Waals surface area contributed by atoms with Crippen LogP contribution in [0, 0.1) is 0 Å². The SMILES string of the molecule is CC(CCO)Nc1cc(Br)ccc1C(=O)O. The van der Waals surface area contributed by atoms with Gasteiger partial charge in [-0.3, -0.25) is 0 Å². The fourth-order valence-electron chi connectivity index (χ4n) is 1.35. The number of nitrogens with one attached hydrogen (secondary N) is 1. The Morgan fingerprint density at radius 2 is 2.25 bits per heavy atom. The van der Waals surface area contributed by atoms with Crippen molar-refractivity contribution in [2.75, 3.05) is 11.9 Å². The molecule has 1 aromatic carbocycles. The van der Waals surface area contributed by atoms with Gasteiger partial charge in [-0.15, -0.1) is 0 Å². The van der Waals surface area contributed by atoms with Crippen molar-refractivity contribution >= 4 is 27.6 Å². The lowest BCUT2D eigenvalue weighted by molar-refractivity contribution is 0.0698. The van der Waals surface area contributed by atoms with E-state index >= 15 is 0 Å². The molecule has 1 rings (SSSR count). The van der Waals surface area contributed by atoms with Gasteiger partial charge in [-0.05, 0) is 31.5 Å². The lowest BCUT2D eigenvalue weighted by Gasteiger charge is -2.16. The fraction of sp³-hybridized carbons (Fsp3) is 0.364. The Hall–Kier alpha value is -1.07. The van der Waals surface area contributed by atoms with Gasteiger partial charge in [0.05, 0.1) is 11.3 Å². The Morgan fingerprint density at radius 3 is 2.81 bits per heavy atom. The molecular formula is C11H14BrNO3. The van der Waals surface area contributed by atoms with Crippen LogP contribution in [0.4, 0.5) is 5.69 Å². The Morgan fingerprint density at radius 1 is 1.56 bits per heavy atom. The number of hydrogen-bond acceptors (Lipinski definition) is 3. The predicted molar refractivity (Wildman–Crippen MR) is 65.9 cm³/mol. The van der Waals surface area contributed by atoms with Crippen molar-refractivity contribution in [3.8, 4) is 0 Å². The van der Waals surface area contributed by atoms with E-state index < -0.39 is 5.97 Å². The molecule has 0 spiro atoms. The molecule has 0 bridgehead atoms. The molecule has 5 heteroatoms. The van der Waals surface area contributed by atoms with Crippen molar-refractivity contribution in [3.63, 3.8) is 0 Å². The summed E-state index contributed by atoms with van der Waals surface area (Å²) in [6, 6.07) is 4.97. The highest BCUT2D eigenvalue weighted by molar-refractivity contribution is 9.10. The number of halogens is 1. The number of rotatable bonds is 5. The third-order valence-corrected chi connectivity index (χ3v) is 2.67. The Labute approximate surface area is 102 Å². The minimum absolute atomic E-state index is 0.0254.